The molecule has 0 spiro atoms. The molecule has 0 saturated heterocycles. The minimum Gasteiger partial charge on any atom is -0.469 e. The number of hydrogen-bond acceptors (Lipinski definition) is 3. The number of nitrogens with one attached hydrogen (secondary N) is 1. The molecular weight excluding hydrogens is 312 g/mol. The number of methoxy groups -OCH3 is 1. The van der Waals surface area contributed by atoms with E-state index in [1.54, 1.807) is 4.90 Å². The third-order valence-corrected chi connectivity index (χ3v) is 4.03. The number of urea groups is 1. The molecule has 0 bridgehead atoms. The lowest BCUT2D eigenvalue weighted by Crippen LogP contribution is -2.46. The van der Waals surface area contributed by atoms with E-state index in [0.717, 1.165) is 27.7 Å². The molecule has 0 aliphatic carbocycles. The molecule has 0 saturated carbocycles. The summed E-state index contributed by atoms with van der Waals surface area (Å²) >= 11 is 3.48. The van der Waals surface area contributed by atoms with Gasteiger partial charge in [0.15, 0.2) is 0 Å². The Morgan fingerprint density at radius 3 is 3.11 bits per heavy atom. The fourth-order valence-electron chi connectivity index (χ4n) is 2.73. The van der Waals surface area contributed by atoms with Crippen LogP contribution in [-0.4, -0.2) is 25.7 Å². The van der Waals surface area contributed by atoms with Crippen LogP contribution >= 0.6 is 15.9 Å². The maximum atomic E-state index is 12.0. The summed E-state index contributed by atoms with van der Waals surface area (Å²) in [6, 6.07) is 3.54. The van der Waals surface area contributed by atoms with E-state index in [2.05, 4.69) is 21.2 Å². The Morgan fingerprint density at radius 2 is 2.37 bits per heavy atom. The zero-order valence-corrected chi connectivity index (χ0v) is 12.0. The molecule has 0 aromatic heterocycles. The van der Waals surface area contributed by atoms with Gasteiger partial charge in [0.05, 0.1) is 25.3 Å². The highest BCUT2D eigenvalue weighted by atomic mass is 79.9. The van der Waals surface area contributed by atoms with Crippen LogP contribution in [0.5, 0.6) is 0 Å². The third kappa shape index (κ3) is 2.00. The molecule has 0 radical (unpaired) electrons. The molecule has 1 aromatic rings. The summed E-state index contributed by atoms with van der Waals surface area (Å²) in [5, 5.41) is 2.86. The van der Waals surface area contributed by atoms with Crippen LogP contribution in [0.25, 0.3) is 0 Å². The first kappa shape index (κ1) is 12.5. The lowest BCUT2D eigenvalue weighted by molar-refractivity contribution is -0.141. The van der Waals surface area contributed by atoms with Crippen molar-refractivity contribution in [1.82, 2.24) is 5.32 Å². The zero-order valence-electron chi connectivity index (χ0n) is 10.4. The number of rotatable bonds is 2. The number of hydrogen-bond donors (Lipinski definition) is 1. The molecule has 3 rings (SSSR count). The van der Waals surface area contributed by atoms with Gasteiger partial charge >= 0.3 is 12.0 Å². The fraction of sp³-hybridized carbons (Fsp3) is 0.385. The minimum absolute atomic E-state index is 0.137. The number of amides is 2. The molecule has 0 fully saturated rings. The average Bonchev–Trinajstić information content (AvgIpc) is 2.79. The maximum absolute atomic E-state index is 12.0. The van der Waals surface area contributed by atoms with E-state index in [1.165, 1.54) is 7.11 Å². The molecule has 2 heterocycles. The van der Waals surface area contributed by atoms with Crippen molar-refractivity contribution in [3.05, 3.63) is 27.7 Å². The van der Waals surface area contributed by atoms with Crippen molar-refractivity contribution in [3.63, 3.8) is 0 Å². The topological polar surface area (TPSA) is 58.6 Å². The second kappa shape index (κ2) is 4.52. The lowest BCUT2D eigenvalue weighted by atomic mass is 9.97. The molecule has 1 N–H and O–H groups in total. The number of halogens is 1. The Bertz CT molecular complexity index is 573. The molecule has 6 heteroatoms. The van der Waals surface area contributed by atoms with Gasteiger partial charge in [-0.1, -0.05) is 15.9 Å². The normalized spacial score (nSPS) is 20.0. The van der Waals surface area contributed by atoms with Crippen molar-refractivity contribution >= 4 is 33.6 Å². The van der Waals surface area contributed by atoms with Crippen molar-refractivity contribution in [3.8, 4) is 0 Å². The summed E-state index contributed by atoms with van der Waals surface area (Å²) in [4.78, 5) is 25.2. The smallest absolute Gasteiger partial charge is 0.322 e. The number of benzene rings is 1. The maximum Gasteiger partial charge on any atom is 0.322 e. The van der Waals surface area contributed by atoms with E-state index in [1.807, 2.05) is 12.1 Å². The molecular formula is C13H13BrN2O3. The monoisotopic (exact) mass is 324 g/mol. The van der Waals surface area contributed by atoms with E-state index >= 15 is 0 Å². The molecule has 2 aliphatic heterocycles. The molecule has 1 atom stereocenters. The van der Waals surface area contributed by atoms with E-state index in [4.69, 9.17) is 4.74 Å². The van der Waals surface area contributed by atoms with Gasteiger partial charge in [-0.05, 0) is 24.1 Å². The van der Waals surface area contributed by atoms with Crippen LogP contribution in [0.4, 0.5) is 10.5 Å². The highest BCUT2D eigenvalue weighted by Gasteiger charge is 2.36. The van der Waals surface area contributed by atoms with Gasteiger partial charge in [-0.15, -0.1) is 0 Å². The number of nitrogens with zero attached hydrogens (tertiary/aromatic N) is 1. The highest BCUT2D eigenvalue weighted by Crippen LogP contribution is 2.41. The van der Waals surface area contributed by atoms with Crippen molar-refractivity contribution in [1.29, 1.82) is 0 Å². The largest absolute Gasteiger partial charge is 0.469 e. The van der Waals surface area contributed by atoms with E-state index in [0.29, 0.717) is 6.54 Å². The Balaban J connectivity index is 2.06. The highest BCUT2D eigenvalue weighted by molar-refractivity contribution is 9.10. The van der Waals surface area contributed by atoms with Crippen LogP contribution in [0.2, 0.25) is 0 Å². The first-order valence-electron chi connectivity index (χ1n) is 6.07. The Morgan fingerprint density at radius 1 is 1.58 bits per heavy atom. The number of esters is 1. The Labute approximate surface area is 119 Å². The number of ether oxygens (including phenoxy) is 1. The Hall–Kier alpha value is -1.56. The quantitative estimate of drug-likeness (QED) is 0.848. The first-order valence-corrected chi connectivity index (χ1v) is 6.86. The molecule has 19 heavy (non-hydrogen) atoms. The van der Waals surface area contributed by atoms with E-state index in [-0.39, 0.29) is 24.5 Å². The average molecular weight is 325 g/mol. The van der Waals surface area contributed by atoms with Crippen molar-refractivity contribution in [2.45, 2.75) is 18.9 Å². The second-order valence-electron chi connectivity index (χ2n) is 4.69. The summed E-state index contributed by atoms with van der Waals surface area (Å²) in [7, 11) is 1.35. The molecule has 2 aliphatic rings. The summed E-state index contributed by atoms with van der Waals surface area (Å²) in [6.45, 7) is 0.690. The van der Waals surface area contributed by atoms with Gasteiger partial charge in [0.2, 0.25) is 0 Å². The predicted molar refractivity (Wildman–Crippen MR) is 73.1 cm³/mol. The van der Waals surface area contributed by atoms with Gasteiger partial charge < -0.3 is 10.1 Å². The van der Waals surface area contributed by atoms with E-state index in [9.17, 15) is 9.59 Å². The fourth-order valence-corrected chi connectivity index (χ4v) is 3.25. The third-order valence-electron chi connectivity index (χ3n) is 3.57. The van der Waals surface area contributed by atoms with Gasteiger partial charge in [-0.25, -0.2) is 4.79 Å². The second-order valence-corrected chi connectivity index (χ2v) is 5.60. The van der Waals surface area contributed by atoms with Gasteiger partial charge in [0, 0.05) is 16.6 Å². The number of carbonyl (C=O) groups excluding carboxylic acids is 2. The van der Waals surface area contributed by atoms with E-state index < -0.39 is 0 Å². The van der Waals surface area contributed by atoms with Crippen LogP contribution in [0, 0.1) is 0 Å². The summed E-state index contributed by atoms with van der Waals surface area (Å²) in [6.07, 6.45) is 0.999. The summed E-state index contributed by atoms with van der Waals surface area (Å²) in [5.74, 6) is -0.328. The first-order chi connectivity index (χ1) is 9.10. The standard InChI is InChI=1S/C13H13BrN2O3/c1-19-11(17)6-10-9-5-8(14)4-7-2-3-16(12(7)9)13(18)15-10/h4-5,10H,2-3,6H2,1H3,(H,15,18). The van der Waals surface area contributed by atoms with Gasteiger partial charge in [-0.3, -0.25) is 9.69 Å². The van der Waals surface area contributed by atoms with Crippen molar-refractivity contribution in [2.75, 3.05) is 18.6 Å². The molecule has 1 aromatic carbocycles. The Kier molecular flexibility index (Phi) is 2.97. The van der Waals surface area contributed by atoms with Crippen LogP contribution < -0.4 is 10.2 Å². The van der Waals surface area contributed by atoms with Crippen LogP contribution in [-0.2, 0) is 16.0 Å². The van der Waals surface area contributed by atoms with Gasteiger partial charge in [-0.2, -0.15) is 0 Å². The number of carbonyl (C=O) groups is 2. The van der Waals surface area contributed by atoms with Crippen LogP contribution in [0.1, 0.15) is 23.6 Å². The summed E-state index contributed by atoms with van der Waals surface area (Å²) < 4.78 is 5.66. The molecule has 1 unspecified atom stereocenters. The van der Waals surface area contributed by atoms with Crippen molar-refractivity contribution < 1.29 is 14.3 Å². The summed E-state index contributed by atoms with van der Waals surface area (Å²) in [5.41, 5.74) is 3.09. The molecule has 100 valence electrons. The molecule has 5 nitrogen and oxygen atoms in total. The molecule has 2 amide bonds. The van der Waals surface area contributed by atoms with Crippen LogP contribution in [0.3, 0.4) is 0 Å². The van der Waals surface area contributed by atoms with Gasteiger partial charge in [0.25, 0.3) is 0 Å². The number of anilines is 1. The SMILES string of the molecule is COC(=O)CC1NC(=O)N2CCc3cc(Br)cc1c32. The zero-order chi connectivity index (χ0) is 13.6. The minimum atomic E-state index is -0.328. The lowest BCUT2D eigenvalue weighted by Gasteiger charge is -2.32. The van der Waals surface area contributed by atoms with Gasteiger partial charge in [0.1, 0.15) is 0 Å². The predicted octanol–water partition coefficient (Wildman–Crippen LogP) is 2.14. The van der Waals surface area contributed by atoms with Crippen LogP contribution in [0.15, 0.2) is 16.6 Å². The van der Waals surface area contributed by atoms with Crippen molar-refractivity contribution in [2.24, 2.45) is 0 Å².